The lowest BCUT2D eigenvalue weighted by Crippen LogP contribution is -2.60. The maximum absolute atomic E-state index is 14.0. The molecule has 1 fully saturated rings. The first-order valence-corrected chi connectivity index (χ1v) is 14.1. The third-order valence-electron chi connectivity index (χ3n) is 7.63. The topological polar surface area (TPSA) is 233 Å². The van der Waals surface area contributed by atoms with Crippen LogP contribution in [0.5, 0.6) is 46.0 Å². The molecule has 48 heavy (non-hydrogen) atoms. The highest BCUT2D eigenvalue weighted by Crippen LogP contribution is 2.45. The number of phenols is 3. The Balaban J connectivity index is 1.50. The van der Waals surface area contributed by atoms with E-state index in [2.05, 4.69) is 0 Å². The highest BCUT2D eigenvalue weighted by Gasteiger charge is 2.46. The summed E-state index contributed by atoms with van der Waals surface area (Å²) in [4.78, 5) is 26.7. The predicted octanol–water partition coefficient (Wildman–Crippen LogP) is 1.65. The molecule has 0 radical (unpaired) electrons. The highest BCUT2D eigenvalue weighted by molar-refractivity contribution is 5.92. The molecular weight excluding hydrogens is 640 g/mol. The van der Waals surface area contributed by atoms with Gasteiger partial charge in [-0.25, -0.2) is 4.79 Å². The number of carbonyl (C=O) groups excluding carboxylic acids is 1. The lowest BCUT2D eigenvalue weighted by atomic mass is 9.99. The van der Waals surface area contributed by atoms with Crippen LogP contribution in [0.4, 0.5) is 0 Å². The molecule has 0 unspecified atom stereocenters. The molecule has 0 amide bonds. The van der Waals surface area contributed by atoms with Gasteiger partial charge in [-0.2, -0.15) is 0 Å². The number of hydrogen-bond donors (Lipinski definition) is 6. The third kappa shape index (κ3) is 6.16. The standard InChI is InChI=1S/C32H32O16/c1-41-19-8-13(5-6-16(19)33)31(40)46-12-22-25(37)26(38)27(39)32(47-22)48-30-23-20(10-18(35)29(30)44-4)45-11-15(24(23)36)14-7-17(34)28(43-3)21(9-14)42-2/h5-11,22,25-27,32-35,37-39H,12H2,1-4H3/t22-,25+,26-,27+,32-/m0/s1. The normalized spacial score (nSPS) is 20.6. The second kappa shape index (κ2) is 13.7. The Morgan fingerprint density at radius 3 is 2.12 bits per heavy atom. The van der Waals surface area contributed by atoms with E-state index in [0.29, 0.717) is 0 Å². The number of aromatic hydroxyl groups is 3. The number of aliphatic hydroxyl groups is 3. The number of ether oxygens (including phenoxy) is 7. The van der Waals surface area contributed by atoms with Gasteiger partial charge in [0.15, 0.2) is 34.5 Å². The van der Waals surface area contributed by atoms with E-state index >= 15 is 0 Å². The summed E-state index contributed by atoms with van der Waals surface area (Å²) < 4.78 is 43.2. The summed E-state index contributed by atoms with van der Waals surface area (Å²) in [6.07, 6.45) is -7.79. The lowest BCUT2D eigenvalue weighted by molar-refractivity contribution is -0.277. The van der Waals surface area contributed by atoms with E-state index in [4.69, 9.17) is 37.6 Å². The number of benzene rings is 3. The summed E-state index contributed by atoms with van der Waals surface area (Å²) in [5, 5.41) is 62.7. The van der Waals surface area contributed by atoms with Crippen LogP contribution in [0, 0.1) is 0 Å². The van der Waals surface area contributed by atoms with E-state index in [1.54, 1.807) is 0 Å². The third-order valence-corrected chi connectivity index (χ3v) is 7.63. The van der Waals surface area contributed by atoms with Crippen LogP contribution in [-0.4, -0.2) is 102 Å². The van der Waals surface area contributed by atoms with E-state index in [1.807, 2.05) is 0 Å². The molecule has 3 aromatic carbocycles. The van der Waals surface area contributed by atoms with Crippen molar-refractivity contribution in [1.29, 1.82) is 0 Å². The molecule has 0 saturated carbocycles. The SMILES string of the molecule is COc1cc(C(=O)OC[C@@H]2O[C@@H](Oc3c(OC)c(O)cc4occ(-c5cc(O)c(OC)c(OC)c5)c(=O)c34)[C@H](O)[C@@H](O)[C@@H]2O)ccc1O. The Hall–Kier alpha value is -5.42. The fraction of sp³-hybridized carbons (Fsp3) is 0.312. The summed E-state index contributed by atoms with van der Waals surface area (Å²) in [7, 11) is 5.12. The molecule has 16 heteroatoms. The number of fused-ring (bicyclic) bond motifs is 1. The van der Waals surface area contributed by atoms with Crippen molar-refractivity contribution in [2.45, 2.75) is 30.7 Å². The monoisotopic (exact) mass is 672 g/mol. The van der Waals surface area contributed by atoms with Crippen molar-refractivity contribution < 1.29 is 73.0 Å². The van der Waals surface area contributed by atoms with Crippen LogP contribution >= 0.6 is 0 Å². The van der Waals surface area contributed by atoms with Crippen LogP contribution in [0.3, 0.4) is 0 Å². The molecule has 4 aromatic rings. The van der Waals surface area contributed by atoms with Crippen molar-refractivity contribution in [3.8, 4) is 57.1 Å². The fourth-order valence-electron chi connectivity index (χ4n) is 5.14. The van der Waals surface area contributed by atoms with Gasteiger partial charge in [-0.15, -0.1) is 0 Å². The van der Waals surface area contributed by atoms with Gasteiger partial charge in [0.1, 0.15) is 48.3 Å². The van der Waals surface area contributed by atoms with Gasteiger partial charge in [-0.05, 0) is 35.9 Å². The number of carbonyl (C=O) groups is 1. The Morgan fingerprint density at radius 2 is 1.46 bits per heavy atom. The summed E-state index contributed by atoms with van der Waals surface area (Å²) in [6, 6.07) is 7.46. The molecule has 1 saturated heterocycles. The van der Waals surface area contributed by atoms with Crippen LogP contribution in [0.1, 0.15) is 10.4 Å². The maximum Gasteiger partial charge on any atom is 0.338 e. The highest BCUT2D eigenvalue weighted by atomic mass is 16.7. The molecule has 5 rings (SSSR count). The quantitative estimate of drug-likeness (QED) is 0.131. The minimum Gasteiger partial charge on any atom is -0.504 e. The number of esters is 1. The number of hydrogen-bond acceptors (Lipinski definition) is 16. The van der Waals surface area contributed by atoms with Crippen molar-refractivity contribution in [3.63, 3.8) is 0 Å². The summed E-state index contributed by atoms with van der Waals surface area (Å²) in [5.41, 5.74) is -0.865. The van der Waals surface area contributed by atoms with Gasteiger partial charge >= 0.3 is 5.97 Å². The molecule has 0 bridgehead atoms. The molecule has 2 heterocycles. The van der Waals surface area contributed by atoms with Gasteiger partial charge in [0.05, 0.1) is 39.6 Å². The van der Waals surface area contributed by atoms with E-state index in [1.165, 1.54) is 58.8 Å². The van der Waals surface area contributed by atoms with Crippen LogP contribution in [0.2, 0.25) is 0 Å². The van der Waals surface area contributed by atoms with Crippen LogP contribution in [-0.2, 0) is 9.47 Å². The average Bonchev–Trinajstić information content (AvgIpc) is 3.07. The summed E-state index contributed by atoms with van der Waals surface area (Å²) in [6.45, 7) is -0.639. The van der Waals surface area contributed by atoms with Gasteiger partial charge in [-0.3, -0.25) is 4.79 Å². The zero-order chi connectivity index (χ0) is 34.9. The first kappa shape index (κ1) is 33.9. The van der Waals surface area contributed by atoms with Crippen LogP contribution in [0.25, 0.3) is 22.1 Å². The molecule has 5 atom stereocenters. The Labute approximate surface area is 271 Å². The van der Waals surface area contributed by atoms with Gasteiger partial charge < -0.3 is 68.2 Å². The first-order chi connectivity index (χ1) is 22.9. The summed E-state index contributed by atoms with van der Waals surface area (Å²) in [5.74, 6) is -2.68. The molecule has 1 aliphatic heterocycles. The first-order valence-electron chi connectivity index (χ1n) is 14.1. The predicted molar refractivity (Wildman–Crippen MR) is 163 cm³/mol. The molecule has 1 aliphatic rings. The van der Waals surface area contributed by atoms with E-state index in [9.17, 15) is 40.2 Å². The molecule has 6 N–H and O–H groups in total. The molecule has 0 aliphatic carbocycles. The second-order valence-corrected chi connectivity index (χ2v) is 10.5. The molecule has 0 spiro atoms. The van der Waals surface area contributed by atoms with Gasteiger partial charge in [0.25, 0.3) is 0 Å². The largest absolute Gasteiger partial charge is 0.504 e. The van der Waals surface area contributed by atoms with Crippen molar-refractivity contribution >= 4 is 16.9 Å². The number of methoxy groups -OCH3 is 4. The van der Waals surface area contributed by atoms with E-state index < -0.39 is 60.2 Å². The molecule has 256 valence electrons. The maximum atomic E-state index is 14.0. The zero-order valence-electron chi connectivity index (χ0n) is 25.9. The minimum atomic E-state index is -1.92. The number of phenolic OH excluding ortho intramolecular Hbond substituents is 3. The lowest BCUT2D eigenvalue weighted by Gasteiger charge is -2.40. The van der Waals surface area contributed by atoms with E-state index in [0.717, 1.165) is 12.3 Å². The van der Waals surface area contributed by atoms with Gasteiger partial charge in [0.2, 0.25) is 23.2 Å². The van der Waals surface area contributed by atoms with Crippen molar-refractivity contribution in [2.75, 3.05) is 35.0 Å². The van der Waals surface area contributed by atoms with Crippen molar-refractivity contribution in [1.82, 2.24) is 0 Å². The van der Waals surface area contributed by atoms with Crippen LogP contribution < -0.4 is 29.1 Å². The molecule has 1 aromatic heterocycles. The van der Waals surface area contributed by atoms with Crippen molar-refractivity contribution in [3.05, 3.63) is 58.4 Å². The fourth-order valence-corrected chi connectivity index (χ4v) is 5.14. The summed E-state index contributed by atoms with van der Waals surface area (Å²) >= 11 is 0. The number of aliphatic hydroxyl groups excluding tert-OH is 3. The van der Waals surface area contributed by atoms with Gasteiger partial charge in [0, 0.05) is 6.07 Å². The number of rotatable bonds is 10. The van der Waals surface area contributed by atoms with Gasteiger partial charge in [-0.1, -0.05) is 0 Å². The average molecular weight is 673 g/mol. The molecular formula is C32H32O16. The zero-order valence-corrected chi connectivity index (χ0v) is 25.9. The molecule has 16 nitrogen and oxygen atoms in total. The Morgan fingerprint density at radius 1 is 0.771 bits per heavy atom. The minimum absolute atomic E-state index is 0.00765. The van der Waals surface area contributed by atoms with Crippen LogP contribution in [0.15, 0.2) is 51.9 Å². The Bertz CT molecular complexity index is 1880. The van der Waals surface area contributed by atoms with Crippen molar-refractivity contribution in [2.24, 2.45) is 0 Å². The Kier molecular flexibility index (Phi) is 9.72. The second-order valence-electron chi connectivity index (χ2n) is 10.5. The smallest absolute Gasteiger partial charge is 0.338 e. The van der Waals surface area contributed by atoms with E-state index in [-0.39, 0.29) is 62.2 Å².